The summed E-state index contributed by atoms with van der Waals surface area (Å²) < 4.78 is 1.55. The van der Waals surface area contributed by atoms with Crippen LogP contribution in [-0.4, -0.2) is 40.0 Å². The number of aryl methyl sites for hydroxylation is 3. The van der Waals surface area contributed by atoms with Gasteiger partial charge in [-0.1, -0.05) is 6.07 Å². The fourth-order valence-electron chi connectivity index (χ4n) is 3.89. The zero-order chi connectivity index (χ0) is 20.4. The predicted octanol–water partition coefficient (Wildman–Crippen LogP) is 3.48. The highest BCUT2D eigenvalue weighted by molar-refractivity contribution is 7.18. The van der Waals surface area contributed by atoms with Gasteiger partial charge in [-0.3, -0.25) is 19.1 Å². The van der Waals surface area contributed by atoms with Crippen LogP contribution < -0.4 is 10.9 Å². The van der Waals surface area contributed by atoms with Crippen molar-refractivity contribution in [2.75, 3.05) is 19.6 Å². The summed E-state index contributed by atoms with van der Waals surface area (Å²) in [7, 11) is 0. The molecular weight excluding hydrogens is 404 g/mol. The smallest absolute Gasteiger partial charge is 0.262 e. The van der Waals surface area contributed by atoms with Gasteiger partial charge < -0.3 is 5.32 Å². The van der Waals surface area contributed by atoms with E-state index in [1.807, 2.05) is 13.8 Å². The first-order valence-electron chi connectivity index (χ1n) is 10.0. The molecule has 0 bridgehead atoms. The number of nitrogens with one attached hydrogen (secondary N) is 1. The SMILES string of the molecule is Cc1sc2ncn(CCC(=O)NC[C@@H](c3cccs3)N3CCCC3)c(=O)c2c1C. The Balaban J connectivity index is 1.38. The third kappa shape index (κ3) is 4.29. The second-order valence-corrected chi connectivity index (χ2v) is 9.72. The van der Waals surface area contributed by atoms with Crippen LogP contribution >= 0.6 is 22.7 Å². The number of aromatic nitrogens is 2. The van der Waals surface area contributed by atoms with Crippen molar-refractivity contribution in [3.63, 3.8) is 0 Å². The van der Waals surface area contributed by atoms with Crippen LogP contribution in [0.15, 0.2) is 28.6 Å². The summed E-state index contributed by atoms with van der Waals surface area (Å²) in [6, 6.07) is 4.44. The molecule has 4 rings (SSSR count). The van der Waals surface area contributed by atoms with Crippen molar-refractivity contribution in [3.8, 4) is 0 Å². The molecule has 1 atom stereocenters. The summed E-state index contributed by atoms with van der Waals surface area (Å²) in [5, 5.41) is 5.85. The number of thiophene rings is 2. The molecule has 3 aromatic heterocycles. The summed E-state index contributed by atoms with van der Waals surface area (Å²) >= 11 is 3.28. The molecule has 1 saturated heterocycles. The topological polar surface area (TPSA) is 67.2 Å². The lowest BCUT2D eigenvalue weighted by atomic mass is 10.2. The Morgan fingerprint density at radius 2 is 2.10 bits per heavy atom. The molecule has 4 heterocycles. The van der Waals surface area contributed by atoms with Gasteiger partial charge in [0.25, 0.3) is 5.56 Å². The molecule has 1 fully saturated rings. The van der Waals surface area contributed by atoms with Crippen molar-refractivity contribution < 1.29 is 4.79 Å². The van der Waals surface area contributed by atoms with Crippen LogP contribution in [0.2, 0.25) is 0 Å². The molecule has 0 aromatic carbocycles. The summed E-state index contributed by atoms with van der Waals surface area (Å²) in [4.78, 5) is 35.3. The van der Waals surface area contributed by atoms with Gasteiger partial charge in [-0.2, -0.15) is 0 Å². The van der Waals surface area contributed by atoms with Gasteiger partial charge in [-0.15, -0.1) is 22.7 Å². The number of hydrogen-bond donors (Lipinski definition) is 1. The largest absolute Gasteiger partial charge is 0.354 e. The van der Waals surface area contributed by atoms with Gasteiger partial charge in [0.05, 0.1) is 17.8 Å². The van der Waals surface area contributed by atoms with E-state index in [2.05, 4.69) is 32.7 Å². The van der Waals surface area contributed by atoms with Crippen molar-refractivity contribution in [2.24, 2.45) is 0 Å². The molecule has 1 aliphatic heterocycles. The summed E-state index contributed by atoms with van der Waals surface area (Å²) in [6.45, 7) is 7.07. The first-order chi connectivity index (χ1) is 14.0. The Hall–Kier alpha value is -2.03. The molecule has 29 heavy (non-hydrogen) atoms. The summed E-state index contributed by atoms with van der Waals surface area (Å²) in [5.41, 5.74) is 0.934. The molecule has 0 aliphatic carbocycles. The van der Waals surface area contributed by atoms with E-state index in [1.54, 1.807) is 33.6 Å². The molecule has 1 amide bonds. The fraction of sp³-hybridized carbons (Fsp3) is 0.476. The first kappa shape index (κ1) is 20.3. The lowest BCUT2D eigenvalue weighted by Gasteiger charge is -2.27. The molecule has 8 heteroatoms. The lowest BCUT2D eigenvalue weighted by molar-refractivity contribution is -0.121. The van der Waals surface area contributed by atoms with Gasteiger partial charge in [-0.05, 0) is 56.8 Å². The highest BCUT2D eigenvalue weighted by Gasteiger charge is 2.24. The minimum atomic E-state index is -0.0572. The first-order valence-corrected chi connectivity index (χ1v) is 11.7. The van der Waals surface area contributed by atoms with Gasteiger partial charge in [-0.25, -0.2) is 4.98 Å². The molecule has 0 unspecified atom stereocenters. The van der Waals surface area contributed by atoms with Gasteiger partial charge >= 0.3 is 0 Å². The number of hydrogen-bond acceptors (Lipinski definition) is 6. The van der Waals surface area contributed by atoms with Crippen LogP contribution in [-0.2, 0) is 11.3 Å². The molecule has 3 aromatic rings. The highest BCUT2D eigenvalue weighted by atomic mass is 32.1. The maximum Gasteiger partial charge on any atom is 0.262 e. The quantitative estimate of drug-likeness (QED) is 0.623. The van der Waals surface area contributed by atoms with Crippen LogP contribution in [0.1, 0.15) is 40.6 Å². The standard InChI is InChI=1S/C21H26N4O2S2/c1-14-15(2)29-20-19(14)21(27)25(13-23-20)10-7-18(26)22-12-16(17-6-5-11-28-17)24-8-3-4-9-24/h5-6,11,13,16H,3-4,7-10,12H2,1-2H3,(H,22,26)/t16-/m0/s1. The molecular formula is C21H26N4O2S2. The molecule has 1 aliphatic rings. The third-order valence-electron chi connectivity index (χ3n) is 5.68. The van der Waals surface area contributed by atoms with E-state index in [-0.39, 0.29) is 23.9 Å². The lowest BCUT2D eigenvalue weighted by Crippen LogP contribution is -2.37. The van der Waals surface area contributed by atoms with Crippen LogP contribution in [0.4, 0.5) is 0 Å². The summed E-state index contributed by atoms with van der Waals surface area (Å²) in [6.07, 6.45) is 4.27. The maximum absolute atomic E-state index is 12.8. The highest BCUT2D eigenvalue weighted by Crippen LogP contribution is 2.28. The fourth-order valence-corrected chi connectivity index (χ4v) is 5.74. The number of amides is 1. The number of rotatable bonds is 7. The van der Waals surface area contributed by atoms with Crippen LogP contribution in [0.25, 0.3) is 10.2 Å². The second kappa shape index (κ2) is 8.77. The number of fused-ring (bicyclic) bond motifs is 1. The number of carbonyl (C=O) groups excluding carboxylic acids is 1. The second-order valence-electron chi connectivity index (χ2n) is 7.53. The molecule has 6 nitrogen and oxygen atoms in total. The van der Waals surface area contributed by atoms with E-state index in [0.29, 0.717) is 18.5 Å². The summed E-state index contributed by atoms with van der Waals surface area (Å²) in [5.74, 6) is -0.0315. The van der Waals surface area contributed by atoms with Gasteiger partial charge in [0.2, 0.25) is 5.91 Å². The van der Waals surface area contributed by atoms with E-state index in [0.717, 1.165) is 28.4 Å². The van der Waals surface area contributed by atoms with Crippen LogP contribution in [0.3, 0.4) is 0 Å². The Bertz CT molecular complexity index is 1050. The minimum absolute atomic E-state index is 0.0315. The van der Waals surface area contributed by atoms with E-state index in [1.165, 1.54) is 17.7 Å². The molecule has 154 valence electrons. The number of nitrogens with zero attached hydrogens (tertiary/aromatic N) is 3. The zero-order valence-electron chi connectivity index (χ0n) is 16.8. The minimum Gasteiger partial charge on any atom is -0.354 e. The van der Waals surface area contributed by atoms with Gasteiger partial charge in [0.15, 0.2) is 0 Å². The van der Waals surface area contributed by atoms with E-state index < -0.39 is 0 Å². The maximum atomic E-state index is 12.8. The average molecular weight is 431 g/mol. The monoisotopic (exact) mass is 430 g/mol. The molecule has 0 saturated carbocycles. The zero-order valence-corrected chi connectivity index (χ0v) is 18.4. The Kier molecular flexibility index (Phi) is 6.12. The predicted molar refractivity (Wildman–Crippen MR) is 119 cm³/mol. The van der Waals surface area contributed by atoms with Crippen molar-refractivity contribution in [3.05, 3.63) is 49.5 Å². The van der Waals surface area contributed by atoms with Gasteiger partial charge in [0.1, 0.15) is 4.83 Å². The van der Waals surface area contributed by atoms with Crippen molar-refractivity contribution >= 4 is 38.8 Å². The van der Waals surface area contributed by atoms with E-state index in [9.17, 15) is 9.59 Å². The van der Waals surface area contributed by atoms with Crippen LogP contribution in [0, 0.1) is 13.8 Å². The van der Waals surface area contributed by atoms with E-state index >= 15 is 0 Å². The van der Waals surface area contributed by atoms with Gasteiger partial charge in [0, 0.05) is 29.3 Å². The molecule has 0 spiro atoms. The van der Waals surface area contributed by atoms with Crippen molar-refractivity contribution in [2.45, 2.75) is 45.7 Å². The third-order valence-corrected chi connectivity index (χ3v) is 7.77. The van der Waals surface area contributed by atoms with Crippen molar-refractivity contribution in [1.29, 1.82) is 0 Å². The van der Waals surface area contributed by atoms with E-state index in [4.69, 9.17) is 0 Å². The normalized spacial score (nSPS) is 15.8. The van der Waals surface area contributed by atoms with Crippen LogP contribution in [0.5, 0.6) is 0 Å². The Labute approximate surface area is 178 Å². The Morgan fingerprint density at radius 3 is 2.83 bits per heavy atom. The van der Waals surface area contributed by atoms with Crippen molar-refractivity contribution in [1.82, 2.24) is 19.8 Å². The number of carbonyl (C=O) groups is 1. The molecule has 0 radical (unpaired) electrons. The Morgan fingerprint density at radius 1 is 1.31 bits per heavy atom. The average Bonchev–Trinajstić information content (AvgIpc) is 3.45. The molecule has 1 N–H and O–H groups in total. The number of likely N-dealkylation sites (tertiary alicyclic amines) is 1.